The molecule has 1 atom stereocenters. The highest BCUT2D eigenvalue weighted by atomic mass is 32.1. The molecular weight excluding hydrogens is 256 g/mol. The van der Waals surface area contributed by atoms with Gasteiger partial charge in [-0.05, 0) is 38.8 Å². The third-order valence-electron chi connectivity index (χ3n) is 3.54. The van der Waals surface area contributed by atoms with Gasteiger partial charge in [-0.15, -0.1) is 0 Å². The van der Waals surface area contributed by atoms with Crippen LogP contribution < -0.4 is 10.6 Å². The molecule has 4 heteroatoms. The summed E-state index contributed by atoms with van der Waals surface area (Å²) in [5.41, 5.74) is 9.16. The highest BCUT2D eigenvalue weighted by Gasteiger charge is 2.22. The Morgan fingerprint density at radius 2 is 2.32 bits per heavy atom. The van der Waals surface area contributed by atoms with E-state index in [1.165, 1.54) is 5.56 Å². The van der Waals surface area contributed by atoms with Crippen LogP contribution in [0.2, 0.25) is 0 Å². The Labute approximate surface area is 120 Å². The Bertz CT molecular complexity index is 459. The number of thiocarbonyl (C=S) groups is 1. The van der Waals surface area contributed by atoms with Crippen molar-refractivity contribution >= 4 is 22.9 Å². The molecule has 0 amide bonds. The van der Waals surface area contributed by atoms with Crippen molar-refractivity contribution in [3.8, 4) is 0 Å². The molecule has 1 aliphatic rings. The maximum absolute atomic E-state index is 5.86. The van der Waals surface area contributed by atoms with Gasteiger partial charge >= 0.3 is 0 Å². The first-order valence-corrected chi connectivity index (χ1v) is 7.29. The summed E-state index contributed by atoms with van der Waals surface area (Å²) in [5.74, 6) is 0. The Kier molecular flexibility index (Phi) is 4.77. The largest absolute Gasteiger partial charge is 0.389 e. The maximum Gasteiger partial charge on any atom is 0.106 e. The van der Waals surface area contributed by atoms with E-state index in [4.69, 9.17) is 22.7 Å². The zero-order chi connectivity index (χ0) is 13.8. The summed E-state index contributed by atoms with van der Waals surface area (Å²) in [7, 11) is 0. The third-order valence-corrected chi connectivity index (χ3v) is 3.76. The molecule has 0 aromatic heterocycles. The molecule has 2 rings (SSSR count). The van der Waals surface area contributed by atoms with Gasteiger partial charge in [0.2, 0.25) is 0 Å². The lowest BCUT2D eigenvalue weighted by Gasteiger charge is -2.35. The second kappa shape index (κ2) is 6.35. The first-order valence-electron chi connectivity index (χ1n) is 6.88. The predicted molar refractivity (Wildman–Crippen MR) is 83.9 cm³/mol. The average Bonchev–Trinajstić information content (AvgIpc) is 2.39. The van der Waals surface area contributed by atoms with Crippen LogP contribution in [-0.4, -0.2) is 30.8 Å². The van der Waals surface area contributed by atoms with E-state index < -0.39 is 0 Å². The number of benzene rings is 1. The fourth-order valence-corrected chi connectivity index (χ4v) is 2.82. The standard InChI is InChI=1S/C15H22N2OS/c1-3-18-12-5-4-8-17(10-12)14-7-6-11(2)9-13(14)15(16)19/h6-7,9,12H,3-5,8,10H2,1-2H3,(H2,16,19). The molecule has 1 aliphatic heterocycles. The third kappa shape index (κ3) is 3.45. The van der Waals surface area contributed by atoms with Gasteiger partial charge in [0, 0.05) is 30.9 Å². The summed E-state index contributed by atoms with van der Waals surface area (Å²) in [4.78, 5) is 2.81. The van der Waals surface area contributed by atoms with Crippen LogP contribution in [0.25, 0.3) is 0 Å². The molecule has 1 unspecified atom stereocenters. The molecule has 0 radical (unpaired) electrons. The lowest BCUT2D eigenvalue weighted by atomic mass is 10.0. The van der Waals surface area contributed by atoms with Crippen LogP contribution in [0.3, 0.4) is 0 Å². The minimum atomic E-state index is 0.319. The van der Waals surface area contributed by atoms with Gasteiger partial charge in [-0.1, -0.05) is 23.8 Å². The molecule has 19 heavy (non-hydrogen) atoms. The monoisotopic (exact) mass is 278 g/mol. The number of nitrogens with zero attached hydrogens (tertiary/aromatic N) is 1. The fourth-order valence-electron chi connectivity index (χ4n) is 2.65. The average molecular weight is 278 g/mol. The van der Waals surface area contributed by atoms with Crippen molar-refractivity contribution in [1.29, 1.82) is 0 Å². The molecule has 104 valence electrons. The predicted octanol–water partition coefficient (Wildman–Crippen LogP) is 2.63. The van der Waals surface area contributed by atoms with Gasteiger partial charge in [0.05, 0.1) is 6.10 Å². The van der Waals surface area contributed by atoms with Crippen LogP contribution in [0.5, 0.6) is 0 Å². The van der Waals surface area contributed by atoms with Gasteiger partial charge in [-0.2, -0.15) is 0 Å². The summed E-state index contributed by atoms with van der Waals surface area (Å²) < 4.78 is 5.75. The van der Waals surface area contributed by atoms with E-state index in [-0.39, 0.29) is 0 Å². The number of rotatable bonds is 4. The Hall–Kier alpha value is -1.13. The van der Waals surface area contributed by atoms with E-state index in [9.17, 15) is 0 Å². The zero-order valence-corrected chi connectivity index (χ0v) is 12.5. The van der Waals surface area contributed by atoms with Crippen LogP contribution in [0.1, 0.15) is 30.9 Å². The van der Waals surface area contributed by atoms with E-state index in [2.05, 4.69) is 30.0 Å². The minimum Gasteiger partial charge on any atom is -0.389 e. The topological polar surface area (TPSA) is 38.5 Å². The summed E-state index contributed by atoms with van der Waals surface area (Å²) in [5, 5.41) is 0. The van der Waals surface area contributed by atoms with E-state index in [1.807, 2.05) is 6.92 Å². The highest BCUT2D eigenvalue weighted by molar-refractivity contribution is 7.80. The summed E-state index contributed by atoms with van der Waals surface area (Å²) in [6.07, 6.45) is 2.60. The Morgan fingerprint density at radius 3 is 3.00 bits per heavy atom. The SMILES string of the molecule is CCOC1CCCN(c2ccc(C)cc2C(N)=S)C1. The number of nitrogens with two attached hydrogens (primary N) is 1. The molecule has 0 spiro atoms. The molecule has 0 aliphatic carbocycles. The second-order valence-corrected chi connectivity index (χ2v) is 5.49. The smallest absolute Gasteiger partial charge is 0.106 e. The first kappa shape index (κ1) is 14.3. The molecule has 2 N–H and O–H groups in total. The van der Waals surface area contributed by atoms with Crippen molar-refractivity contribution in [3.63, 3.8) is 0 Å². The van der Waals surface area contributed by atoms with Crippen molar-refractivity contribution in [2.24, 2.45) is 5.73 Å². The van der Waals surface area contributed by atoms with Gasteiger partial charge in [-0.25, -0.2) is 0 Å². The van der Waals surface area contributed by atoms with E-state index in [1.54, 1.807) is 0 Å². The molecule has 1 aromatic carbocycles. The Balaban J connectivity index is 2.23. The van der Waals surface area contributed by atoms with Crippen molar-refractivity contribution in [3.05, 3.63) is 29.3 Å². The molecule has 1 aromatic rings. The van der Waals surface area contributed by atoms with Gasteiger partial charge in [0.15, 0.2) is 0 Å². The van der Waals surface area contributed by atoms with Crippen molar-refractivity contribution in [1.82, 2.24) is 0 Å². The van der Waals surface area contributed by atoms with E-state index in [0.717, 1.165) is 43.8 Å². The number of hydrogen-bond acceptors (Lipinski definition) is 3. The van der Waals surface area contributed by atoms with Crippen molar-refractivity contribution < 1.29 is 4.74 Å². The number of piperidine rings is 1. The lowest BCUT2D eigenvalue weighted by Crippen LogP contribution is -2.40. The van der Waals surface area contributed by atoms with Gasteiger partial charge in [0.1, 0.15) is 4.99 Å². The number of hydrogen-bond donors (Lipinski definition) is 1. The lowest BCUT2D eigenvalue weighted by molar-refractivity contribution is 0.0526. The maximum atomic E-state index is 5.86. The molecule has 3 nitrogen and oxygen atoms in total. The van der Waals surface area contributed by atoms with Gasteiger partial charge < -0.3 is 15.4 Å². The zero-order valence-electron chi connectivity index (χ0n) is 11.7. The number of anilines is 1. The van der Waals surface area contributed by atoms with Crippen LogP contribution in [0.4, 0.5) is 5.69 Å². The molecular formula is C15H22N2OS. The summed E-state index contributed by atoms with van der Waals surface area (Å²) >= 11 is 5.18. The van der Waals surface area contributed by atoms with Crippen molar-refractivity contribution in [2.75, 3.05) is 24.6 Å². The molecule has 0 bridgehead atoms. The number of aryl methyl sites for hydroxylation is 1. The van der Waals surface area contributed by atoms with E-state index >= 15 is 0 Å². The van der Waals surface area contributed by atoms with Crippen LogP contribution in [-0.2, 0) is 4.74 Å². The molecule has 1 saturated heterocycles. The highest BCUT2D eigenvalue weighted by Crippen LogP contribution is 2.26. The number of ether oxygens (including phenoxy) is 1. The van der Waals surface area contributed by atoms with Crippen LogP contribution in [0.15, 0.2) is 18.2 Å². The van der Waals surface area contributed by atoms with E-state index in [0.29, 0.717) is 11.1 Å². The molecule has 1 fully saturated rings. The van der Waals surface area contributed by atoms with Gasteiger partial charge in [0.25, 0.3) is 0 Å². The summed E-state index contributed by atoms with van der Waals surface area (Å²) in [6.45, 7) is 6.85. The fraction of sp³-hybridized carbons (Fsp3) is 0.533. The quantitative estimate of drug-likeness (QED) is 0.859. The van der Waals surface area contributed by atoms with Gasteiger partial charge in [-0.3, -0.25) is 0 Å². The Morgan fingerprint density at radius 1 is 1.53 bits per heavy atom. The molecule has 0 saturated carbocycles. The minimum absolute atomic E-state index is 0.319. The first-order chi connectivity index (χ1) is 9.11. The van der Waals surface area contributed by atoms with Crippen LogP contribution in [0, 0.1) is 6.92 Å². The normalized spacial score (nSPS) is 19.5. The summed E-state index contributed by atoms with van der Waals surface area (Å²) in [6, 6.07) is 6.31. The van der Waals surface area contributed by atoms with Crippen molar-refractivity contribution in [2.45, 2.75) is 32.8 Å². The second-order valence-electron chi connectivity index (χ2n) is 5.05. The molecule has 1 heterocycles. The van der Waals surface area contributed by atoms with Crippen LogP contribution >= 0.6 is 12.2 Å².